The lowest BCUT2D eigenvalue weighted by molar-refractivity contribution is 0.0699. The van der Waals surface area contributed by atoms with Gasteiger partial charge in [-0.25, -0.2) is 0 Å². The molecule has 0 aromatic carbocycles. The summed E-state index contributed by atoms with van der Waals surface area (Å²) in [5.74, 6) is 1.56. The Morgan fingerprint density at radius 2 is 1.93 bits per heavy atom. The number of nitrogens with zero attached hydrogens (tertiary/aromatic N) is 9. The average molecular weight is 369 g/mol. The van der Waals surface area contributed by atoms with E-state index in [1.165, 1.54) is 4.68 Å². The van der Waals surface area contributed by atoms with Crippen LogP contribution in [0.15, 0.2) is 18.3 Å². The highest BCUT2D eigenvalue weighted by molar-refractivity contribution is 5.92. The van der Waals surface area contributed by atoms with Crippen molar-refractivity contribution < 1.29 is 4.79 Å². The van der Waals surface area contributed by atoms with Gasteiger partial charge in [-0.05, 0) is 12.1 Å². The number of carbonyl (C=O) groups excluding carboxylic acids is 1. The van der Waals surface area contributed by atoms with Crippen LogP contribution in [0.3, 0.4) is 0 Å². The summed E-state index contributed by atoms with van der Waals surface area (Å²) in [7, 11) is 3.54. The number of aromatic nitrogens is 7. The van der Waals surface area contributed by atoms with Crippen molar-refractivity contribution >= 4 is 17.4 Å². The molecule has 0 saturated carbocycles. The minimum atomic E-state index is -0.147. The quantitative estimate of drug-likeness (QED) is 0.663. The number of amides is 1. The van der Waals surface area contributed by atoms with E-state index in [1.54, 1.807) is 29.7 Å². The van der Waals surface area contributed by atoms with Crippen LogP contribution in [0.25, 0.3) is 5.65 Å². The summed E-state index contributed by atoms with van der Waals surface area (Å²) in [6.45, 7) is 7.70. The number of anilines is 1. The molecule has 0 atom stereocenters. The third-order valence-electron chi connectivity index (χ3n) is 4.80. The molecule has 1 saturated heterocycles. The van der Waals surface area contributed by atoms with Gasteiger partial charge in [-0.1, -0.05) is 26.0 Å². The van der Waals surface area contributed by atoms with Crippen LogP contribution in [0.5, 0.6) is 0 Å². The average Bonchev–Trinajstić information content (AvgIpc) is 3.18. The van der Waals surface area contributed by atoms with Crippen molar-refractivity contribution in [1.82, 2.24) is 39.7 Å². The van der Waals surface area contributed by atoms with Crippen LogP contribution in [0, 0.1) is 0 Å². The van der Waals surface area contributed by atoms with Crippen LogP contribution >= 0.6 is 0 Å². The molecule has 4 heterocycles. The van der Waals surface area contributed by atoms with Gasteiger partial charge in [-0.15, -0.1) is 20.4 Å². The first-order valence-electron chi connectivity index (χ1n) is 8.85. The number of hydrogen-bond donors (Lipinski definition) is 0. The van der Waals surface area contributed by atoms with Gasteiger partial charge < -0.3 is 9.80 Å². The maximum absolute atomic E-state index is 12.5. The molecule has 3 aromatic rings. The fourth-order valence-corrected chi connectivity index (χ4v) is 3.09. The molecule has 0 aliphatic carbocycles. The second-order valence-corrected chi connectivity index (χ2v) is 7.99. The van der Waals surface area contributed by atoms with E-state index in [0.717, 1.165) is 17.3 Å². The van der Waals surface area contributed by atoms with Crippen molar-refractivity contribution in [2.24, 2.45) is 7.05 Å². The van der Waals surface area contributed by atoms with E-state index in [-0.39, 0.29) is 17.4 Å². The minimum absolute atomic E-state index is 0.111. The molecule has 0 bridgehead atoms. The van der Waals surface area contributed by atoms with Crippen molar-refractivity contribution in [3.63, 3.8) is 0 Å². The Hall–Kier alpha value is -3.04. The van der Waals surface area contributed by atoms with Gasteiger partial charge in [0.2, 0.25) is 0 Å². The van der Waals surface area contributed by atoms with E-state index in [9.17, 15) is 4.79 Å². The molecule has 10 heteroatoms. The zero-order valence-corrected chi connectivity index (χ0v) is 16.2. The van der Waals surface area contributed by atoms with Crippen molar-refractivity contribution in [1.29, 1.82) is 0 Å². The lowest BCUT2D eigenvalue weighted by Gasteiger charge is -2.44. The largest absolute Gasteiger partial charge is 0.351 e. The van der Waals surface area contributed by atoms with E-state index >= 15 is 0 Å². The maximum atomic E-state index is 12.5. The highest BCUT2D eigenvalue weighted by Gasteiger charge is 2.35. The molecule has 0 unspecified atom stereocenters. The van der Waals surface area contributed by atoms with Gasteiger partial charge in [0, 0.05) is 32.6 Å². The van der Waals surface area contributed by atoms with Crippen LogP contribution in [0.1, 0.15) is 37.1 Å². The zero-order chi connectivity index (χ0) is 19.3. The molecule has 1 amide bonds. The second kappa shape index (κ2) is 6.00. The van der Waals surface area contributed by atoms with Gasteiger partial charge in [0.05, 0.1) is 12.2 Å². The molecule has 1 aliphatic rings. The highest BCUT2D eigenvalue weighted by Crippen LogP contribution is 2.25. The predicted molar refractivity (Wildman–Crippen MR) is 98.6 cm³/mol. The van der Waals surface area contributed by atoms with Gasteiger partial charge in [0.1, 0.15) is 5.82 Å². The van der Waals surface area contributed by atoms with Crippen molar-refractivity contribution in [2.45, 2.75) is 32.2 Å². The van der Waals surface area contributed by atoms with Crippen LogP contribution < -0.4 is 4.90 Å². The molecule has 4 rings (SSSR count). The molecular formula is C17H23N9O. The maximum Gasteiger partial charge on any atom is 0.276 e. The molecule has 10 nitrogen and oxygen atoms in total. The number of carbonyl (C=O) groups is 1. The fraction of sp³-hybridized carbons (Fsp3) is 0.529. The predicted octanol–water partition coefficient (Wildman–Crippen LogP) is 0.511. The Morgan fingerprint density at radius 1 is 1.19 bits per heavy atom. The molecule has 0 radical (unpaired) electrons. The molecule has 1 aliphatic heterocycles. The minimum Gasteiger partial charge on any atom is -0.351 e. The van der Waals surface area contributed by atoms with Gasteiger partial charge in [-0.2, -0.15) is 4.52 Å². The van der Waals surface area contributed by atoms with Gasteiger partial charge in [0.15, 0.2) is 17.2 Å². The molecule has 1 fully saturated rings. The van der Waals surface area contributed by atoms with Gasteiger partial charge in [0.25, 0.3) is 5.91 Å². The molecule has 0 N–H and O–H groups in total. The van der Waals surface area contributed by atoms with Gasteiger partial charge >= 0.3 is 0 Å². The summed E-state index contributed by atoms with van der Waals surface area (Å²) in [5, 5.41) is 20.9. The van der Waals surface area contributed by atoms with E-state index in [1.807, 2.05) is 12.1 Å². The Balaban J connectivity index is 1.48. The summed E-state index contributed by atoms with van der Waals surface area (Å²) >= 11 is 0. The number of rotatable bonds is 3. The second-order valence-electron chi connectivity index (χ2n) is 7.99. The third kappa shape index (κ3) is 3.00. The lowest BCUT2D eigenvalue weighted by atomic mass is 9.96. The van der Waals surface area contributed by atoms with E-state index in [0.29, 0.717) is 18.8 Å². The lowest BCUT2D eigenvalue weighted by Crippen LogP contribution is -2.60. The number of fused-ring (bicyclic) bond motifs is 1. The van der Waals surface area contributed by atoms with Crippen LogP contribution in [0.4, 0.5) is 5.82 Å². The van der Waals surface area contributed by atoms with Crippen molar-refractivity contribution in [3.8, 4) is 0 Å². The van der Waals surface area contributed by atoms with Crippen molar-refractivity contribution in [2.75, 3.05) is 25.0 Å². The van der Waals surface area contributed by atoms with Crippen LogP contribution in [0.2, 0.25) is 0 Å². The summed E-state index contributed by atoms with van der Waals surface area (Å²) in [6, 6.07) is 3.98. The topological polar surface area (TPSA) is 97.3 Å². The van der Waals surface area contributed by atoms with Crippen LogP contribution in [-0.2, 0) is 12.5 Å². The molecule has 142 valence electrons. The Labute approximate surface area is 156 Å². The zero-order valence-electron chi connectivity index (χ0n) is 16.2. The Bertz CT molecular complexity index is 993. The number of aryl methyl sites for hydroxylation is 1. The number of likely N-dealkylation sites (N-methyl/N-ethyl adjacent to an activating group) is 1. The first-order chi connectivity index (χ1) is 12.7. The smallest absolute Gasteiger partial charge is 0.276 e. The molecular weight excluding hydrogens is 346 g/mol. The Kier molecular flexibility index (Phi) is 3.86. The fourth-order valence-electron chi connectivity index (χ4n) is 3.09. The van der Waals surface area contributed by atoms with Gasteiger partial charge in [-0.3, -0.25) is 9.48 Å². The molecule has 27 heavy (non-hydrogen) atoms. The first-order valence-corrected chi connectivity index (χ1v) is 8.85. The molecule has 0 spiro atoms. The monoisotopic (exact) mass is 369 g/mol. The van der Waals surface area contributed by atoms with Crippen molar-refractivity contribution in [3.05, 3.63) is 29.8 Å². The summed E-state index contributed by atoms with van der Waals surface area (Å²) < 4.78 is 3.33. The highest BCUT2D eigenvalue weighted by atomic mass is 16.2. The normalized spacial score (nSPS) is 15.2. The SMILES string of the molecule is CN(C(=O)c1cn(C)nn1)C1CN(c2ccc3nnc(C(C)(C)C)n3n2)C1. The Morgan fingerprint density at radius 3 is 2.56 bits per heavy atom. The number of hydrogen-bond acceptors (Lipinski definition) is 7. The van der Waals surface area contributed by atoms with Crippen LogP contribution in [-0.4, -0.2) is 71.8 Å². The summed E-state index contributed by atoms with van der Waals surface area (Å²) in [5.41, 5.74) is 0.944. The standard InChI is InChI=1S/C17H23N9O/c1-17(2,3)16-20-19-13-6-7-14(21-26(13)16)25-8-11(9-25)24(5)15(27)12-10-23(4)22-18-12/h6-7,10-11H,8-9H2,1-5H3. The molecule has 3 aromatic heterocycles. The van der Waals surface area contributed by atoms with E-state index in [4.69, 9.17) is 5.10 Å². The third-order valence-corrected chi connectivity index (χ3v) is 4.80. The van der Waals surface area contributed by atoms with E-state index in [2.05, 4.69) is 46.2 Å². The van der Waals surface area contributed by atoms with E-state index < -0.39 is 0 Å². The first kappa shape index (κ1) is 17.4. The summed E-state index contributed by atoms with van der Waals surface area (Å²) in [4.78, 5) is 16.3. The summed E-state index contributed by atoms with van der Waals surface area (Å²) in [6.07, 6.45) is 1.63.